The Hall–Kier alpha value is 0.0700. The van der Waals surface area contributed by atoms with E-state index in [0.29, 0.717) is 6.54 Å². The zero-order chi connectivity index (χ0) is 10.9. The first-order valence-electron chi connectivity index (χ1n) is 4.94. The van der Waals surface area contributed by atoms with Crippen LogP contribution in [0, 0.1) is 0 Å². The molecule has 0 aliphatic carbocycles. The number of phosphoric ester groups is 1. The smallest absolute Gasteiger partial charge is 0.330 e. The lowest BCUT2D eigenvalue weighted by Gasteiger charge is -2.10. The molecule has 0 aromatic rings. The minimum atomic E-state index is -3.77. The minimum absolute atomic E-state index is 0.181. The molecule has 0 bridgehead atoms. The number of phosphoric acid groups is 1. The third-order valence-electron chi connectivity index (χ3n) is 1.65. The van der Waals surface area contributed by atoms with E-state index in [0.717, 1.165) is 25.7 Å². The molecular formula is C8H20NO4P. The van der Waals surface area contributed by atoms with Crippen molar-refractivity contribution in [1.82, 2.24) is 0 Å². The molecule has 0 heterocycles. The summed E-state index contributed by atoms with van der Waals surface area (Å²) >= 11 is 0. The average Bonchev–Trinajstić information content (AvgIpc) is 2.11. The topological polar surface area (TPSA) is 81.8 Å². The standard InChI is InChI=1S/C8H20NO4P/c1-2-12-14(10,11)13-8-6-4-3-5-7-9/h2-9H2,1H3,(H,10,11). The van der Waals surface area contributed by atoms with Gasteiger partial charge in [0.25, 0.3) is 0 Å². The molecule has 0 saturated carbocycles. The van der Waals surface area contributed by atoms with Gasteiger partial charge in [-0.2, -0.15) is 0 Å². The summed E-state index contributed by atoms with van der Waals surface area (Å²) in [7, 11) is -3.77. The number of rotatable bonds is 9. The van der Waals surface area contributed by atoms with E-state index < -0.39 is 7.82 Å². The molecule has 0 amide bonds. The van der Waals surface area contributed by atoms with Crippen molar-refractivity contribution in [2.45, 2.75) is 32.6 Å². The maximum absolute atomic E-state index is 11.0. The zero-order valence-corrected chi connectivity index (χ0v) is 9.54. The van der Waals surface area contributed by atoms with Gasteiger partial charge in [0, 0.05) is 0 Å². The Morgan fingerprint density at radius 3 is 2.43 bits per heavy atom. The monoisotopic (exact) mass is 225 g/mol. The Morgan fingerprint density at radius 2 is 1.86 bits per heavy atom. The second-order valence-corrected chi connectivity index (χ2v) is 4.38. The summed E-state index contributed by atoms with van der Waals surface area (Å²) in [6.07, 6.45) is 3.74. The Bertz CT molecular complexity index is 177. The van der Waals surface area contributed by atoms with Gasteiger partial charge in [0.1, 0.15) is 0 Å². The highest BCUT2D eigenvalue weighted by Gasteiger charge is 2.18. The summed E-state index contributed by atoms with van der Waals surface area (Å²) in [6.45, 7) is 2.78. The molecule has 86 valence electrons. The fourth-order valence-corrected chi connectivity index (χ4v) is 1.74. The van der Waals surface area contributed by atoms with Crippen molar-refractivity contribution >= 4 is 7.82 Å². The predicted octanol–water partition coefficient (Wildman–Crippen LogP) is 1.66. The second-order valence-electron chi connectivity index (χ2n) is 2.92. The molecule has 6 heteroatoms. The van der Waals surface area contributed by atoms with Crippen LogP contribution >= 0.6 is 7.82 Å². The lowest BCUT2D eigenvalue weighted by Crippen LogP contribution is -1.99. The minimum Gasteiger partial charge on any atom is -0.330 e. The van der Waals surface area contributed by atoms with E-state index in [1.807, 2.05) is 0 Å². The van der Waals surface area contributed by atoms with E-state index >= 15 is 0 Å². The highest BCUT2D eigenvalue weighted by atomic mass is 31.2. The van der Waals surface area contributed by atoms with Gasteiger partial charge in [-0.15, -0.1) is 0 Å². The van der Waals surface area contributed by atoms with E-state index in [1.54, 1.807) is 6.92 Å². The molecule has 3 N–H and O–H groups in total. The third kappa shape index (κ3) is 8.66. The van der Waals surface area contributed by atoms with E-state index in [-0.39, 0.29) is 13.2 Å². The number of nitrogens with two attached hydrogens (primary N) is 1. The van der Waals surface area contributed by atoms with E-state index in [9.17, 15) is 4.57 Å². The van der Waals surface area contributed by atoms with Crippen molar-refractivity contribution in [2.24, 2.45) is 5.73 Å². The molecule has 0 aromatic carbocycles. The van der Waals surface area contributed by atoms with E-state index in [4.69, 9.17) is 15.2 Å². The van der Waals surface area contributed by atoms with E-state index in [1.165, 1.54) is 0 Å². The van der Waals surface area contributed by atoms with Crippen LogP contribution in [0.4, 0.5) is 0 Å². The summed E-state index contributed by atoms with van der Waals surface area (Å²) in [6, 6.07) is 0. The van der Waals surface area contributed by atoms with Crippen molar-refractivity contribution < 1.29 is 18.5 Å². The maximum atomic E-state index is 11.0. The van der Waals surface area contributed by atoms with Gasteiger partial charge in [-0.05, 0) is 26.3 Å². The molecule has 0 aromatic heterocycles. The van der Waals surface area contributed by atoms with Gasteiger partial charge < -0.3 is 10.6 Å². The van der Waals surface area contributed by atoms with Crippen LogP contribution in [0.25, 0.3) is 0 Å². The Kier molecular flexibility index (Phi) is 8.43. The number of unbranched alkanes of at least 4 members (excludes halogenated alkanes) is 3. The fraction of sp³-hybridized carbons (Fsp3) is 1.00. The Morgan fingerprint density at radius 1 is 1.21 bits per heavy atom. The van der Waals surface area contributed by atoms with Crippen LogP contribution in [0.2, 0.25) is 0 Å². The molecule has 5 nitrogen and oxygen atoms in total. The van der Waals surface area contributed by atoms with Crippen LogP contribution in [0.1, 0.15) is 32.6 Å². The van der Waals surface area contributed by atoms with Crippen molar-refractivity contribution in [1.29, 1.82) is 0 Å². The molecular weight excluding hydrogens is 205 g/mol. The van der Waals surface area contributed by atoms with Crippen LogP contribution in [-0.4, -0.2) is 24.7 Å². The van der Waals surface area contributed by atoms with Gasteiger partial charge >= 0.3 is 7.82 Å². The van der Waals surface area contributed by atoms with Gasteiger partial charge in [-0.25, -0.2) is 4.57 Å². The molecule has 0 fully saturated rings. The third-order valence-corrected chi connectivity index (χ3v) is 2.74. The molecule has 14 heavy (non-hydrogen) atoms. The predicted molar refractivity (Wildman–Crippen MR) is 54.9 cm³/mol. The Labute approximate surface area is 85.2 Å². The maximum Gasteiger partial charge on any atom is 0.472 e. The first-order valence-corrected chi connectivity index (χ1v) is 6.44. The van der Waals surface area contributed by atoms with Gasteiger partial charge in [0.15, 0.2) is 0 Å². The quantitative estimate of drug-likeness (QED) is 0.460. The second kappa shape index (κ2) is 8.38. The van der Waals surface area contributed by atoms with Gasteiger partial charge in [0.05, 0.1) is 13.2 Å². The van der Waals surface area contributed by atoms with Gasteiger partial charge in [-0.1, -0.05) is 12.8 Å². The molecule has 1 atom stereocenters. The van der Waals surface area contributed by atoms with Crippen LogP contribution in [-0.2, 0) is 13.6 Å². The van der Waals surface area contributed by atoms with E-state index in [2.05, 4.69) is 4.52 Å². The SMILES string of the molecule is CCOP(=O)(O)OCCCCCCN. The molecule has 0 aliphatic heterocycles. The molecule has 1 unspecified atom stereocenters. The van der Waals surface area contributed by atoms with Crippen LogP contribution in [0.3, 0.4) is 0 Å². The lowest BCUT2D eigenvalue weighted by molar-refractivity contribution is 0.153. The summed E-state index contributed by atoms with van der Waals surface area (Å²) < 4.78 is 20.2. The largest absolute Gasteiger partial charge is 0.472 e. The lowest BCUT2D eigenvalue weighted by atomic mass is 10.2. The average molecular weight is 225 g/mol. The van der Waals surface area contributed by atoms with Crippen LogP contribution in [0.15, 0.2) is 0 Å². The summed E-state index contributed by atoms with van der Waals surface area (Å²) in [5, 5.41) is 0. The first-order chi connectivity index (χ1) is 6.62. The summed E-state index contributed by atoms with van der Waals surface area (Å²) in [5.41, 5.74) is 5.32. The van der Waals surface area contributed by atoms with Gasteiger partial charge in [0.2, 0.25) is 0 Å². The highest BCUT2D eigenvalue weighted by molar-refractivity contribution is 7.47. The zero-order valence-electron chi connectivity index (χ0n) is 8.65. The highest BCUT2D eigenvalue weighted by Crippen LogP contribution is 2.42. The van der Waals surface area contributed by atoms with Crippen molar-refractivity contribution in [3.8, 4) is 0 Å². The Balaban J connectivity index is 3.30. The van der Waals surface area contributed by atoms with Crippen molar-refractivity contribution in [2.75, 3.05) is 19.8 Å². The number of hydrogen-bond acceptors (Lipinski definition) is 4. The number of hydrogen-bond donors (Lipinski definition) is 2. The molecule has 0 radical (unpaired) electrons. The fourth-order valence-electron chi connectivity index (χ4n) is 0.980. The summed E-state index contributed by atoms with van der Waals surface area (Å²) in [5.74, 6) is 0. The van der Waals surface area contributed by atoms with Crippen LogP contribution in [0.5, 0.6) is 0 Å². The normalized spacial score (nSPS) is 15.4. The molecule has 0 aliphatic rings. The van der Waals surface area contributed by atoms with Crippen molar-refractivity contribution in [3.63, 3.8) is 0 Å². The van der Waals surface area contributed by atoms with Crippen molar-refractivity contribution in [3.05, 3.63) is 0 Å². The summed E-state index contributed by atoms with van der Waals surface area (Å²) in [4.78, 5) is 9.01. The first kappa shape index (κ1) is 14.1. The van der Waals surface area contributed by atoms with Gasteiger partial charge in [-0.3, -0.25) is 9.05 Å². The van der Waals surface area contributed by atoms with Crippen LogP contribution < -0.4 is 5.73 Å². The molecule has 0 saturated heterocycles. The molecule has 0 spiro atoms. The molecule has 0 rings (SSSR count).